The molecule has 4 aromatic carbocycles. The van der Waals surface area contributed by atoms with Gasteiger partial charge in [0.05, 0.1) is 23.0 Å². The number of nitrogens with zero attached hydrogens (tertiary/aromatic N) is 6. The van der Waals surface area contributed by atoms with Gasteiger partial charge in [0.25, 0.3) is 0 Å². The van der Waals surface area contributed by atoms with E-state index in [1.165, 1.54) is 14.9 Å². The molecule has 4 aromatic heterocycles. The fourth-order valence-corrected chi connectivity index (χ4v) is 5.78. The Labute approximate surface area is 387 Å². The molecule has 8 aromatic rings. The molecule has 0 spiro atoms. The summed E-state index contributed by atoms with van der Waals surface area (Å²) in [5.74, 6) is -2.16. The fourth-order valence-electron chi connectivity index (χ4n) is 5.78. The van der Waals surface area contributed by atoms with Crippen LogP contribution in [0.2, 0.25) is 0 Å². The number of phenols is 2. The first-order chi connectivity index (χ1) is 28.5. The van der Waals surface area contributed by atoms with Gasteiger partial charge in [0.15, 0.2) is 0 Å². The topological polar surface area (TPSA) is 102 Å². The molecular weight excluding hydrogens is 1160 g/mol. The number of aromatic nitrogens is 6. The zero-order valence-electron chi connectivity index (χ0n) is 34.8. The SMILES string of the molecule is CC(C)(C)c1ccc(O)cc1.Cc1cc(C)n(-c2[c-]c(-c3ccccn3)c(F)cc2F)n1.Cc1cc(C)n(-c2[c-]c(-c3ccccn3)c(F)cc2F)n1.Oc1ccccc1.[Pt].[Pt]. The van der Waals surface area contributed by atoms with E-state index in [2.05, 4.69) is 53.1 Å². The summed E-state index contributed by atoms with van der Waals surface area (Å²) in [6, 6.07) is 37.1. The third-order valence-electron chi connectivity index (χ3n) is 8.70. The molecule has 0 amide bonds. The summed E-state index contributed by atoms with van der Waals surface area (Å²) in [5.41, 5.74) is 5.65. The standard InChI is InChI=1S/2C16H12F2N3.C10H14O.C6H6O.2Pt/c2*1-10-7-11(2)21(20-10)16-8-12(13(17)9-14(16)18)15-5-3-4-6-19-15;1-10(2,3)8-4-6-9(11)7-5-8;7-6-4-2-1-3-5-6;;/h2*3-7,9H,1-2H3;4-7,11H,1-3H3;1-5,7H;;/q2*-1;;;;. The van der Waals surface area contributed by atoms with Crippen molar-refractivity contribution < 1.29 is 69.9 Å². The number of benzene rings is 4. The van der Waals surface area contributed by atoms with Gasteiger partial charge in [0, 0.05) is 88.9 Å². The minimum atomic E-state index is -0.710. The predicted molar refractivity (Wildman–Crippen MR) is 225 cm³/mol. The van der Waals surface area contributed by atoms with Crippen LogP contribution in [0.25, 0.3) is 33.9 Å². The molecule has 0 radical (unpaired) electrons. The van der Waals surface area contributed by atoms with E-state index in [-0.39, 0.29) is 70.0 Å². The second-order valence-electron chi connectivity index (χ2n) is 14.6. The Bertz CT molecular complexity index is 2500. The normalized spacial score (nSPS) is 10.4. The monoisotopic (exact) mass is 1200 g/mol. The Morgan fingerprint density at radius 1 is 0.500 bits per heavy atom. The molecule has 14 heteroatoms. The Kier molecular flexibility index (Phi) is 18.7. The number of hydrogen-bond acceptors (Lipinski definition) is 6. The maximum atomic E-state index is 14.1. The van der Waals surface area contributed by atoms with Gasteiger partial charge in [-0.3, -0.25) is 26.9 Å². The van der Waals surface area contributed by atoms with E-state index in [1.807, 2.05) is 44.2 Å². The van der Waals surface area contributed by atoms with Gasteiger partial charge in [-0.1, -0.05) is 98.6 Å². The van der Waals surface area contributed by atoms with Crippen LogP contribution in [0, 0.1) is 63.1 Å². The Balaban J connectivity index is 0.000000234. The predicted octanol–water partition coefficient (Wildman–Crippen LogP) is 11.3. The van der Waals surface area contributed by atoms with Gasteiger partial charge in [-0.2, -0.15) is 10.2 Å². The molecule has 328 valence electrons. The van der Waals surface area contributed by atoms with Gasteiger partial charge in [0.1, 0.15) is 11.5 Å². The van der Waals surface area contributed by atoms with Crippen molar-refractivity contribution in [1.82, 2.24) is 29.5 Å². The van der Waals surface area contributed by atoms with Crippen LogP contribution in [0.4, 0.5) is 17.6 Å². The number of rotatable bonds is 4. The van der Waals surface area contributed by atoms with Crippen molar-refractivity contribution in [3.05, 3.63) is 191 Å². The molecule has 0 aliphatic rings. The van der Waals surface area contributed by atoms with Crippen molar-refractivity contribution in [2.24, 2.45) is 0 Å². The molecule has 0 fully saturated rings. The molecular formula is C48H44F4N6O2Pt2-2. The Morgan fingerprint density at radius 2 is 0.887 bits per heavy atom. The number of para-hydroxylation sites is 1. The number of aryl methyl sites for hydroxylation is 4. The van der Waals surface area contributed by atoms with Gasteiger partial charge >= 0.3 is 0 Å². The molecule has 0 saturated heterocycles. The van der Waals surface area contributed by atoms with Gasteiger partial charge in [-0.25, -0.2) is 0 Å². The van der Waals surface area contributed by atoms with E-state index in [9.17, 15) is 17.6 Å². The molecule has 0 aliphatic carbocycles. The number of halogens is 4. The maximum Gasteiger partial charge on any atom is 0.115 e. The molecule has 4 heterocycles. The minimum absolute atomic E-state index is 0. The summed E-state index contributed by atoms with van der Waals surface area (Å²) in [4.78, 5) is 8.16. The van der Waals surface area contributed by atoms with Crippen molar-refractivity contribution in [3.8, 4) is 45.4 Å². The first-order valence-electron chi connectivity index (χ1n) is 18.8. The van der Waals surface area contributed by atoms with E-state index in [0.717, 1.165) is 34.9 Å². The zero-order chi connectivity index (χ0) is 43.6. The fraction of sp³-hybridized carbons (Fsp3) is 0.167. The van der Waals surface area contributed by atoms with Gasteiger partial charge < -0.3 is 20.2 Å². The maximum absolute atomic E-state index is 14.1. The largest absolute Gasteiger partial charge is 0.508 e. The third kappa shape index (κ3) is 13.7. The summed E-state index contributed by atoms with van der Waals surface area (Å²) in [5, 5.41) is 26.1. The average Bonchev–Trinajstić information content (AvgIpc) is 3.73. The van der Waals surface area contributed by atoms with Gasteiger partial charge in [0.2, 0.25) is 0 Å². The number of aromatic hydroxyl groups is 2. The smallest absolute Gasteiger partial charge is 0.115 e. The van der Waals surface area contributed by atoms with Crippen LogP contribution in [0.5, 0.6) is 11.5 Å². The molecule has 0 aliphatic heterocycles. The van der Waals surface area contributed by atoms with Crippen molar-refractivity contribution in [1.29, 1.82) is 0 Å². The van der Waals surface area contributed by atoms with Gasteiger partial charge in [-0.15, -0.1) is 12.1 Å². The number of hydrogen-bond donors (Lipinski definition) is 2. The van der Waals surface area contributed by atoms with Crippen LogP contribution in [0.3, 0.4) is 0 Å². The molecule has 2 N–H and O–H groups in total. The summed E-state index contributed by atoms with van der Waals surface area (Å²) in [7, 11) is 0. The summed E-state index contributed by atoms with van der Waals surface area (Å²) >= 11 is 0. The van der Waals surface area contributed by atoms with Crippen molar-refractivity contribution >= 4 is 0 Å². The van der Waals surface area contributed by atoms with Crippen LogP contribution in [0.1, 0.15) is 49.1 Å². The number of phenolic OH excluding ortho intramolecular Hbond substituents is 2. The third-order valence-corrected chi connectivity index (χ3v) is 8.70. The molecule has 8 rings (SSSR count). The quantitative estimate of drug-likeness (QED) is 0.134. The first kappa shape index (κ1) is 50.7. The van der Waals surface area contributed by atoms with E-state index in [1.54, 1.807) is 99.0 Å². The minimum Gasteiger partial charge on any atom is -0.508 e. The van der Waals surface area contributed by atoms with Crippen molar-refractivity contribution in [2.75, 3.05) is 0 Å². The van der Waals surface area contributed by atoms with E-state index >= 15 is 0 Å². The van der Waals surface area contributed by atoms with Crippen LogP contribution in [-0.2, 0) is 47.5 Å². The molecule has 0 saturated carbocycles. The summed E-state index contributed by atoms with van der Waals surface area (Å²) in [6.45, 7) is 13.7. The van der Waals surface area contributed by atoms with Crippen LogP contribution in [0.15, 0.2) is 128 Å². The second-order valence-corrected chi connectivity index (χ2v) is 14.6. The summed E-state index contributed by atoms with van der Waals surface area (Å²) < 4.78 is 59.0. The second kappa shape index (κ2) is 22.9. The van der Waals surface area contributed by atoms with E-state index < -0.39 is 23.3 Å². The van der Waals surface area contributed by atoms with Gasteiger partial charge in [-0.05, 0) is 98.6 Å². The van der Waals surface area contributed by atoms with Crippen molar-refractivity contribution in [2.45, 2.75) is 53.9 Å². The Morgan fingerprint density at radius 3 is 1.19 bits per heavy atom. The molecule has 0 bridgehead atoms. The van der Waals surface area contributed by atoms with Crippen LogP contribution < -0.4 is 0 Å². The van der Waals surface area contributed by atoms with Crippen LogP contribution >= 0.6 is 0 Å². The molecule has 0 atom stereocenters. The Hall–Kier alpha value is -5.70. The molecule has 62 heavy (non-hydrogen) atoms. The first-order valence-corrected chi connectivity index (χ1v) is 18.8. The zero-order valence-corrected chi connectivity index (χ0v) is 39.4. The molecule has 8 nitrogen and oxygen atoms in total. The molecule has 0 unspecified atom stereocenters. The van der Waals surface area contributed by atoms with Crippen molar-refractivity contribution in [3.63, 3.8) is 0 Å². The number of pyridine rings is 2. The van der Waals surface area contributed by atoms with E-state index in [4.69, 9.17) is 10.2 Å². The van der Waals surface area contributed by atoms with E-state index in [0.29, 0.717) is 22.9 Å². The van der Waals surface area contributed by atoms with Crippen LogP contribution in [-0.4, -0.2) is 39.7 Å². The average molecular weight is 1200 g/mol. The summed E-state index contributed by atoms with van der Waals surface area (Å²) in [6.07, 6.45) is 3.10.